The number of Topliss-reactive ketones (excluding diaryl/α,β-unsaturated/α-hetero) is 1. The summed E-state index contributed by atoms with van der Waals surface area (Å²) in [7, 11) is -2.87. The Bertz CT molecular complexity index is 1410. The first-order valence-corrected chi connectivity index (χ1v) is 12.8. The van der Waals surface area contributed by atoms with E-state index >= 15 is 0 Å². The molecule has 0 aromatic heterocycles. The molecule has 3 aromatic rings. The summed E-state index contributed by atoms with van der Waals surface area (Å²) in [6.45, 7) is 3.95. The molecule has 2 unspecified atom stereocenters. The summed E-state index contributed by atoms with van der Waals surface area (Å²) in [6.07, 6.45) is 1.80. The van der Waals surface area contributed by atoms with Crippen LogP contribution < -0.4 is 0 Å². The van der Waals surface area contributed by atoms with Gasteiger partial charge in [0.05, 0.1) is 11.2 Å². The van der Waals surface area contributed by atoms with Crippen molar-refractivity contribution < 1.29 is 22.3 Å². The molecule has 2 atom stereocenters. The molecule has 2 bridgehead atoms. The molecule has 0 saturated heterocycles. The van der Waals surface area contributed by atoms with Crippen molar-refractivity contribution in [3.05, 3.63) is 60.2 Å². The highest BCUT2D eigenvalue weighted by Crippen LogP contribution is 2.64. The van der Waals surface area contributed by atoms with Gasteiger partial charge in [-0.2, -0.15) is 8.42 Å². The van der Waals surface area contributed by atoms with Crippen LogP contribution >= 0.6 is 0 Å². The van der Waals surface area contributed by atoms with Crippen molar-refractivity contribution in [1.82, 2.24) is 5.06 Å². The summed E-state index contributed by atoms with van der Waals surface area (Å²) < 4.78 is 31.3. The van der Waals surface area contributed by atoms with Gasteiger partial charge in [-0.05, 0) is 63.9 Å². The lowest BCUT2D eigenvalue weighted by atomic mass is 9.70. The van der Waals surface area contributed by atoms with Crippen LogP contribution in [0.1, 0.15) is 43.5 Å². The zero-order chi connectivity index (χ0) is 23.6. The third-order valence-electron chi connectivity index (χ3n) is 8.05. The van der Waals surface area contributed by atoms with E-state index in [1.165, 1.54) is 7.05 Å². The first kappa shape index (κ1) is 22.0. The van der Waals surface area contributed by atoms with Gasteiger partial charge < -0.3 is 0 Å². The summed E-state index contributed by atoms with van der Waals surface area (Å²) in [5, 5.41) is 4.41. The molecule has 0 aliphatic heterocycles. The van der Waals surface area contributed by atoms with Crippen molar-refractivity contribution in [3.8, 4) is 0 Å². The number of nitrogens with zero attached hydrogens (tertiary/aromatic N) is 1. The fourth-order valence-electron chi connectivity index (χ4n) is 5.96. The fourth-order valence-corrected chi connectivity index (χ4v) is 7.71. The number of hydrogen-bond acceptors (Lipinski definition) is 5. The Morgan fingerprint density at radius 1 is 1.06 bits per heavy atom. The zero-order valence-electron chi connectivity index (χ0n) is 19.0. The van der Waals surface area contributed by atoms with E-state index in [1.807, 2.05) is 56.3 Å². The molecule has 0 heterocycles. The van der Waals surface area contributed by atoms with E-state index in [9.17, 15) is 18.0 Å². The van der Waals surface area contributed by atoms with Gasteiger partial charge in [0.15, 0.2) is 0 Å². The lowest BCUT2D eigenvalue weighted by Gasteiger charge is -2.36. The number of hydrogen-bond donors (Lipinski definition) is 0. The minimum absolute atomic E-state index is 0.00849. The number of ketones is 1. The second-order valence-electron chi connectivity index (χ2n) is 9.97. The fraction of sp³-hybridized carbons (Fsp3) is 0.385. The van der Waals surface area contributed by atoms with Gasteiger partial charge in [-0.25, -0.2) is 5.06 Å². The topological polar surface area (TPSA) is 80.8 Å². The van der Waals surface area contributed by atoms with Gasteiger partial charge in [0.1, 0.15) is 5.78 Å². The molecule has 2 fully saturated rings. The molecule has 33 heavy (non-hydrogen) atoms. The number of benzene rings is 3. The second kappa shape index (κ2) is 7.37. The molecule has 3 aromatic carbocycles. The molecule has 2 aliphatic carbocycles. The van der Waals surface area contributed by atoms with Crippen LogP contribution in [0.25, 0.3) is 21.5 Å². The molecule has 0 N–H and O–H groups in total. The summed E-state index contributed by atoms with van der Waals surface area (Å²) in [5.74, 6) is -0.769. The van der Waals surface area contributed by atoms with Crippen molar-refractivity contribution in [2.24, 2.45) is 16.7 Å². The van der Waals surface area contributed by atoms with Crippen molar-refractivity contribution in [2.45, 2.75) is 33.1 Å². The summed E-state index contributed by atoms with van der Waals surface area (Å²) in [4.78, 5) is 26.0. The van der Waals surface area contributed by atoms with Crippen LogP contribution in [0.3, 0.4) is 0 Å². The van der Waals surface area contributed by atoms with Crippen molar-refractivity contribution in [3.63, 3.8) is 0 Å². The summed E-state index contributed by atoms with van der Waals surface area (Å²) in [6, 6.07) is 17.1. The SMILES string of the molecule is CN(OS(=O)(=O)CC12CCC(CC1=O)C2(C)C)C(=O)c1cccc2cc3ccccc3cc12. The van der Waals surface area contributed by atoms with Gasteiger partial charge in [-0.1, -0.05) is 50.2 Å². The Kier molecular flexibility index (Phi) is 4.92. The quantitative estimate of drug-likeness (QED) is 0.402. The Labute approximate surface area is 193 Å². The van der Waals surface area contributed by atoms with Crippen LogP contribution in [-0.4, -0.2) is 38.0 Å². The van der Waals surface area contributed by atoms with E-state index in [0.717, 1.165) is 33.0 Å². The molecule has 7 heteroatoms. The van der Waals surface area contributed by atoms with E-state index in [1.54, 1.807) is 12.1 Å². The minimum atomic E-state index is -4.17. The van der Waals surface area contributed by atoms with Crippen molar-refractivity contribution in [1.29, 1.82) is 0 Å². The molecule has 2 aliphatic rings. The van der Waals surface area contributed by atoms with Crippen LogP contribution in [-0.2, 0) is 19.2 Å². The maximum Gasteiger partial charge on any atom is 0.289 e. The Morgan fingerprint density at radius 2 is 1.73 bits per heavy atom. The van der Waals surface area contributed by atoms with Gasteiger partial charge >= 0.3 is 0 Å². The van der Waals surface area contributed by atoms with Gasteiger partial charge in [0.2, 0.25) is 0 Å². The lowest BCUT2D eigenvalue weighted by Crippen LogP contribution is -2.44. The minimum Gasteiger partial charge on any atom is -0.299 e. The number of carbonyl (C=O) groups excluding carboxylic acids is 2. The number of carbonyl (C=O) groups is 2. The van der Waals surface area contributed by atoms with Crippen LogP contribution in [0, 0.1) is 16.7 Å². The Hall–Kier alpha value is -2.77. The monoisotopic (exact) mass is 465 g/mol. The predicted molar refractivity (Wildman–Crippen MR) is 127 cm³/mol. The van der Waals surface area contributed by atoms with Crippen molar-refractivity contribution >= 4 is 43.4 Å². The zero-order valence-corrected chi connectivity index (χ0v) is 19.8. The second-order valence-corrected chi connectivity index (χ2v) is 11.5. The lowest BCUT2D eigenvalue weighted by molar-refractivity contribution is -0.128. The molecule has 0 spiro atoms. The highest BCUT2D eigenvalue weighted by Gasteiger charge is 2.65. The van der Waals surface area contributed by atoms with E-state index < -0.39 is 32.6 Å². The van der Waals surface area contributed by atoms with Crippen molar-refractivity contribution in [2.75, 3.05) is 12.8 Å². The van der Waals surface area contributed by atoms with E-state index in [4.69, 9.17) is 4.28 Å². The third-order valence-corrected chi connectivity index (χ3v) is 9.35. The third kappa shape index (κ3) is 3.37. The number of amides is 1. The highest BCUT2D eigenvalue weighted by molar-refractivity contribution is 7.86. The smallest absolute Gasteiger partial charge is 0.289 e. The number of fused-ring (bicyclic) bond motifs is 4. The first-order valence-electron chi connectivity index (χ1n) is 11.2. The highest BCUT2D eigenvalue weighted by atomic mass is 32.2. The molecule has 172 valence electrons. The molecule has 2 saturated carbocycles. The molecule has 6 nitrogen and oxygen atoms in total. The van der Waals surface area contributed by atoms with E-state index in [2.05, 4.69) is 0 Å². The average Bonchev–Trinajstić information content (AvgIpc) is 3.10. The maximum atomic E-state index is 13.2. The van der Waals surface area contributed by atoms with Gasteiger partial charge in [0.25, 0.3) is 16.0 Å². The molecule has 1 amide bonds. The van der Waals surface area contributed by atoms with Gasteiger partial charge in [-0.15, -0.1) is 4.28 Å². The summed E-state index contributed by atoms with van der Waals surface area (Å²) in [5.41, 5.74) is -0.995. The standard InChI is InChI=1S/C26H27NO5S/c1-25(2)20-11-12-26(25,23(28)15-20)16-33(30,31)32-27(3)24(29)21-10-6-9-19-13-17-7-4-5-8-18(17)14-22(19)21/h4-10,13-14,20H,11-12,15-16H2,1-3H3. The average molecular weight is 466 g/mol. The molecule has 5 rings (SSSR count). The number of rotatable bonds is 5. The summed E-state index contributed by atoms with van der Waals surface area (Å²) >= 11 is 0. The maximum absolute atomic E-state index is 13.2. The molecule has 0 radical (unpaired) electrons. The van der Waals surface area contributed by atoms with E-state index in [-0.39, 0.29) is 11.7 Å². The Balaban J connectivity index is 1.43. The Morgan fingerprint density at radius 3 is 2.36 bits per heavy atom. The van der Waals surface area contributed by atoms with Crippen LogP contribution in [0.5, 0.6) is 0 Å². The van der Waals surface area contributed by atoms with Crippen LogP contribution in [0.15, 0.2) is 54.6 Å². The normalized spacial score (nSPS) is 24.0. The van der Waals surface area contributed by atoms with Crippen LogP contribution in [0.4, 0.5) is 0 Å². The largest absolute Gasteiger partial charge is 0.299 e. The number of hydroxylamine groups is 2. The first-order chi connectivity index (χ1) is 15.5. The molecular weight excluding hydrogens is 438 g/mol. The van der Waals surface area contributed by atoms with Crippen LogP contribution in [0.2, 0.25) is 0 Å². The molecular formula is C26H27NO5S. The predicted octanol–water partition coefficient (Wildman–Crippen LogP) is 4.72. The van der Waals surface area contributed by atoms with Gasteiger partial charge in [-0.3, -0.25) is 9.59 Å². The van der Waals surface area contributed by atoms with E-state index in [0.29, 0.717) is 18.4 Å². The van der Waals surface area contributed by atoms with Gasteiger partial charge in [0, 0.05) is 19.0 Å².